The molecule has 2 amide bonds. The minimum atomic E-state index is -0.374. The maximum atomic E-state index is 12.4. The summed E-state index contributed by atoms with van der Waals surface area (Å²) in [6.07, 6.45) is 0.976. The first-order valence-corrected chi connectivity index (χ1v) is 10.1. The van der Waals surface area contributed by atoms with Crippen LogP contribution in [0.1, 0.15) is 23.6 Å². The van der Waals surface area contributed by atoms with Gasteiger partial charge in [0.1, 0.15) is 11.5 Å². The van der Waals surface area contributed by atoms with Crippen LogP contribution in [0.25, 0.3) is 0 Å². The molecule has 0 aliphatic carbocycles. The van der Waals surface area contributed by atoms with Crippen LogP contribution in [0.3, 0.4) is 0 Å². The van der Waals surface area contributed by atoms with Crippen molar-refractivity contribution in [2.75, 3.05) is 25.7 Å². The van der Waals surface area contributed by atoms with Crippen molar-refractivity contribution in [1.29, 1.82) is 0 Å². The average molecular weight is 403 g/mol. The fourth-order valence-corrected chi connectivity index (χ4v) is 3.37. The lowest BCUT2D eigenvalue weighted by atomic mass is 9.98. The second-order valence-corrected chi connectivity index (χ2v) is 7.32. The fourth-order valence-electron chi connectivity index (χ4n) is 2.69. The number of nitrogens with two attached hydrogens (primary N) is 1. The van der Waals surface area contributed by atoms with Gasteiger partial charge in [-0.05, 0) is 41.8 Å². The van der Waals surface area contributed by atoms with E-state index in [0.717, 1.165) is 22.6 Å². The molecule has 2 rings (SSSR count). The molecule has 0 aliphatic heterocycles. The van der Waals surface area contributed by atoms with Crippen LogP contribution >= 0.6 is 11.8 Å². The van der Waals surface area contributed by atoms with Crippen LogP contribution in [-0.4, -0.2) is 37.5 Å². The Bertz CT molecular complexity index is 763. The summed E-state index contributed by atoms with van der Waals surface area (Å²) in [7, 11) is 3.25. The number of benzene rings is 2. The van der Waals surface area contributed by atoms with E-state index in [1.54, 1.807) is 14.2 Å². The van der Waals surface area contributed by atoms with E-state index in [-0.39, 0.29) is 23.6 Å². The maximum Gasteiger partial charge on any atom is 0.227 e. The normalized spacial score (nSPS) is 11.5. The molecule has 28 heavy (non-hydrogen) atoms. The second-order valence-electron chi connectivity index (χ2n) is 6.21. The van der Waals surface area contributed by atoms with E-state index in [9.17, 15) is 9.59 Å². The SMILES string of the molecule is COc1ccc(C[C@@H](NC(=O)CCSCC(N)=O)c2ccc(OC)cc2)cc1. The molecular formula is C21H26N2O4S. The number of ether oxygens (including phenoxy) is 2. The Labute approximate surface area is 169 Å². The largest absolute Gasteiger partial charge is 0.497 e. The van der Waals surface area contributed by atoms with E-state index in [1.165, 1.54) is 11.8 Å². The molecule has 0 aromatic heterocycles. The van der Waals surface area contributed by atoms with E-state index in [1.807, 2.05) is 48.5 Å². The van der Waals surface area contributed by atoms with Crippen LogP contribution < -0.4 is 20.5 Å². The zero-order valence-electron chi connectivity index (χ0n) is 16.1. The van der Waals surface area contributed by atoms with Gasteiger partial charge in [0.15, 0.2) is 0 Å². The number of carbonyl (C=O) groups is 2. The maximum absolute atomic E-state index is 12.4. The van der Waals surface area contributed by atoms with Crippen molar-refractivity contribution in [3.05, 3.63) is 59.7 Å². The van der Waals surface area contributed by atoms with Crippen molar-refractivity contribution in [3.8, 4) is 11.5 Å². The summed E-state index contributed by atoms with van der Waals surface area (Å²) in [6.45, 7) is 0. The number of hydrogen-bond donors (Lipinski definition) is 2. The van der Waals surface area contributed by atoms with Crippen LogP contribution in [0.2, 0.25) is 0 Å². The summed E-state index contributed by atoms with van der Waals surface area (Å²) < 4.78 is 10.4. The van der Waals surface area contributed by atoms with Crippen molar-refractivity contribution in [2.24, 2.45) is 5.73 Å². The average Bonchev–Trinajstić information content (AvgIpc) is 2.71. The molecule has 2 aromatic carbocycles. The van der Waals surface area contributed by atoms with E-state index < -0.39 is 0 Å². The van der Waals surface area contributed by atoms with Gasteiger partial charge in [0.05, 0.1) is 26.0 Å². The molecular weight excluding hydrogens is 376 g/mol. The first kappa shape index (κ1) is 21.6. The predicted octanol–water partition coefficient (Wildman–Crippen LogP) is 2.71. The van der Waals surface area contributed by atoms with Crippen molar-refractivity contribution >= 4 is 23.6 Å². The summed E-state index contributed by atoms with van der Waals surface area (Å²) in [5.74, 6) is 1.89. The number of rotatable bonds is 11. The first-order chi connectivity index (χ1) is 13.5. The van der Waals surface area contributed by atoms with Gasteiger partial charge in [-0.2, -0.15) is 11.8 Å². The Morgan fingerprint density at radius 2 is 1.57 bits per heavy atom. The van der Waals surface area contributed by atoms with E-state index >= 15 is 0 Å². The van der Waals surface area contributed by atoms with Crippen molar-refractivity contribution in [2.45, 2.75) is 18.9 Å². The number of amides is 2. The van der Waals surface area contributed by atoms with Crippen LogP contribution in [-0.2, 0) is 16.0 Å². The topological polar surface area (TPSA) is 90.6 Å². The smallest absolute Gasteiger partial charge is 0.227 e. The fraction of sp³-hybridized carbons (Fsp3) is 0.333. The van der Waals surface area contributed by atoms with Gasteiger partial charge in [-0.1, -0.05) is 24.3 Å². The highest BCUT2D eigenvalue weighted by Crippen LogP contribution is 2.23. The lowest BCUT2D eigenvalue weighted by Gasteiger charge is -2.20. The molecule has 7 heteroatoms. The number of thioether (sulfide) groups is 1. The van der Waals surface area contributed by atoms with Gasteiger partial charge in [-0.3, -0.25) is 9.59 Å². The van der Waals surface area contributed by atoms with Crippen LogP contribution in [0, 0.1) is 0 Å². The molecule has 0 aliphatic rings. The molecule has 0 bridgehead atoms. The molecule has 0 saturated heterocycles. The highest BCUT2D eigenvalue weighted by Gasteiger charge is 2.16. The van der Waals surface area contributed by atoms with Gasteiger partial charge in [-0.15, -0.1) is 0 Å². The van der Waals surface area contributed by atoms with Gasteiger partial charge in [0.2, 0.25) is 11.8 Å². The zero-order valence-corrected chi connectivity index (χ0v) is 17.0. The summed E-state index contributed by atoms with van der Waals surface area (Å²) in [6, 6.07) is 15.3. The van der Waals surface area contributed by atoms with Gasteiger partial charge in [-0.25, -0.2) is 0 Å². The molecule has 3 N–H and O–H groups in total. The van der Waals surface area contributed by atoms with E-state index in [2.05, 4.69) is 5.32 Å². The van der Waals surface area contributed by atoms with Crippen molar-refractivity contribution < 1.29 is 19.1 Å². The molecule has 0 unspecified atom stereocenters. The zero-order chi connectivity index (χ0) is 20.4. The summed E-state index contributed by atoms with van der Waals surface area (Å²) in [4.78, 5) is 23.2. The van der Waals surface area contributed by atoms with Gasteiger partial charge in [0, 0.05) is 12.2 Å². The molecule has 150 valence electrons. The highest BCUT2D eigenvalue weighted by molar-refractivity contribution is 7.99. The highest BCUT2D eigenvalue weighted by atomic mass is 32.2. The van der Waals surface area contributed by atoms with Gasteiger partial charge < -0.3 is 20.5 Å². The molecule has 0 radical (unpaired) electrons. The lowest BCUT2D eigenvalue weighted by molar-refractivity contribution is -0.121. The summed E-state index contributed by atoms with van der Waals surface area (Å²) in [5, 5.41) is 3.10. The standard InChI is InChI=1S/C21H26N2O4S/c1-26-17-7-3-15(4-8-17)13-19(16-5-9-18(27-2)10-6-16)23-21(25)11-12-28-14-20(22)24/h3-10,19H,11-14H2,1-2H3,(H2,22,24)(H,23,25)/t19-/m1/s1. The van der Waals surface area contributed by atoms with Crippen molar-refractivity contribution in [1.82, 2.24) is 5.32 Å². The third-order valence-electron chi connectivity index (χ3n) is 4.17. The van der Waals surface area contributed by atoms with Gasteiger partial charge >= 0.3 is 0 Å². The van der Waals surface area contributed by atoms with Crippen LogP contribution in [0.4, 0.5) is 0 Å². The molecule has 0 spiro atoms. The quantitative estimate of drug-likeness (QED) is 0.564. The van der Waals surface area contributed by atoms with Crippen LogP contribution in [0.5, 0.6) is 11.5 Å². The Morgan fingerprint density at radius 3 is 2.11 bits per heavy atom. The minimum Gasteiger partial charge on any atom is -0.497 e. The lowest BCUT2D eigenvalue weighted by Crippen LogP contribution is -2.30. The number of nitrogens with one attached hydrogen (secondary N) is 1. The third-order valence-corrected chi connectivity index (χ3v) is 5.15. The molecule has 2 aromatic rings. The monoisotopic (exact) mass is 402 g/mol. The molecule has 0 heterocycles. The first-order valence-electron chi connectivity index (χ1n) is 8.94. The molecule has 0 fully saturated rings. The third kappa shape index (κ3) is 7.15. The van der Waals surface area contributed by atoms with Crippen LogP contribution in [0.15, 0.2) is 48.5 Å². The Balaban J connectivity index is 2.06. The summed E-state index contributed by atoms with van der Waals surface area (Å²) >= 11 is 1.36. The Hall–Kier alpha value is -2.67. The molecule has 1 atom stereocenters. The van der Waals surface area contributed by atoms with E-state index in [4.69, 9.17) is 15.2 Å². The van der Waals surface area contributed by atoms with E-state index in [0.29, 0.717) is 18.6 Å². The number of primary amides is 1. The van der Waals surface area contributed by atoms with Crippen molar-refractivity contribution in [3.63, 3.8) is 0 Å². The molecule has 6 nitrogen and oxygen atoms in total. The molecule has 0 saturated carbocycles. The number of hydrogen-bond acceptors (Lipinski definition) is 5. The Kier molecular flexibility index (Phi) is 8.68. The Morgan fingerprint density at radius 1 is 1.00 bits per heavy atom. The number of methoxy groups -OCH3 is 2. The summed E-state index contributed by atoms with van der Waals surface area (Å²) in [5.41, 5.74) is 7.20. The number of carbonyl (C=O) groups excluding carboxylic acids is 2. The van der Waals surface area contributed by atoms with Gasteiger partial charge in [0.25, 0.3) is 0 Å². The predicted molar refractivity (Wildman–Crippen MR) is 112 cm³/mol. The minimum absolute atomic E-state index is 0.0636. The second kappa shape index (κ2) is 11.2.